The van der Waals surface area contributed by atoms with Gasteiger partial charge in [-0.05, 0) is 12.5 Å². The van der Waals surface area contributed by atoms with E-state index in [9.17, 15) is 14.8 Å². The Morgan fingerprint density at radius 2 is 2.00 bits per heavy atom. The van der Waals surface area contributed by atoms with Gasteiger partial charge in [0.15, 0.2) is 5.69 Å². The Kier molecular flexibility index (Phi) is 4.51. The van der Waals surface area contributed by atoms with E-state index in [1.165, 1.54) is 37.4 Å². The minimum Gasteiger partial charge on any atom is -0.595 e. The molecule has 2 aromatic rings. The molecule has 1 aromatic heterocycles. The molecule has 0 saturated carbocycles. The normalized spacial score (nSPS) is 17.3. The molecule has 1 aromatic carbocycles. The maximum absolute atomic E-state index is 12.5. The molecule has 0 radical (unpaired) electrons. The first-order chi connectivity index (χ1) is 12.3. The van der Waals surface area contributed by atoms with E-state index in [0.29, 0.717) is 11.3 Å². The van der Waals surface area contributed by atoms with Crippen LogP contribution in [0.5, 0.6) is 5.75 Å². The molecule has 9 heteroatoms. The van der Waals surface area contributed by atoms with Gasteiger partial charge in [0.1, 0.15) is 17.1 Å². The average molecular weight is 360 g/mol. The lowest BCUT2D eigenvalue weighted by Crippen LogP contribution is -2.99. The molecular weight excluding hydrogens is 344 g/mol. The van der Waals surface area contributed by atoms with Crippen LogP contribution in [0.1, 0.15) is 22.8 Å². The summed E-state index contributed by atoms with van der Waals surface area (Å²) in [5.74, 6) is -1.37. The molecule has 136 valence electrons. The second kappa shape index (κ2) is 6.64. The van der Waals surface area contributed by atoms with E-state index in [-0.39, 0.29) is 28.5 Å². The number of nitrogens with two attached hydrogens (primary N) is 1. The molecule has 2 heterocycles. The maximum Gasteiger partial charge on any atom is 0.343 e. The largest absolute Gasteiger partial charge is 0.595 e. The van der Waals surface area contributed by atoms with Crippen LogP contribution < -0.4 is 21.3 Å². The molecule has 1 aliphatic rings. The summed E-state index contributed by atoms with van der Waals surface area (Å²) in [5, 5.41) is 19.0. The van der Waals surface area contributed by atoms with Gasteiger partial charge in [0, 0.05) is 18.2 Å². The molecule has 0 fully saturated rings. The van der Waals surface area contributed by atoms with Crippen LogP contribution in [0, 0.1) is 12.1 Å². The van der Waals surface area contributed by atoms with Crippen molar-refractivity contribution in [3.63, 3.8) is 0 Å². The molecule has 0 amide bonds. The lowest BCUT2D eigenvalue weighted by Gasteiger charge is -2.27. The number of rotatable bonds is 3. The Morgan fingerprint density at radius 3 is 2.58 bits per heavy atom. The summed E-state index contributed by atoms with van der Waals surface area (Å²) in [5.41, 5.74) is 5.80. The van der Waals surface area contributed by atoms with E-state index in [1.54, 1.807) is 6.92 Å². The lowest BCUT2D eigenvalue weighted by molar-refractivity contribution is -0.991. The van der Waals surface area contributed by atoms with Crippen molar-refractivity contribution < 1.29 is 29.1 Å². The Hall–Kier alpha value is -3.14. The van der Waals surface area contributed by atoms with Gasteiger partial charge >= 0.3 is 11.6 Å². The SMILES string of the molecule is COC(=O)C1=C(N)Oc2cc(C)oc(=O)c2C1c1ccc([NH+]([O-])O)cc1. The van der Waals surface area contributed by atoms with Gasteiger partial charge in [-0.3, -0.25) is 0 Å². The van der Waals surface area contributed by atoms with Crippen molar-refractivity contribution in [2.75, 3.05) is 7.11 Å². The summed E-state index contributed by atoms with van der Waals surface area (Å²) < 4.78 is 15.4. The third-order valence-electron chi connectivity index (χ3n) is 4.03. The second-order valence-electron chi connectivity index (χ2n) is 5.65. The Labute approximate surface area is 147 Å². The van der Waals surface area contributed by atoms with E-state index in [0.717, 1.165) is 0 Å². The van der Waals surface area contributed by atoms with Crippen LogP contribution in [0.4, 0.5) is 5.69 Å². The molecule has 0 bridgehead atoms. The number of nitrogens with one attached hydrogen (secondary N) is 1. The van der Waals surface area contributed by atoms with Gasteiger partial charge in [-0.15, -0.1) is 0 Å². The van der Waals surface area contributed by atoms with E-state index in [4.69, 9.17) is 24.8 Å². The van der Waals surface area contributed by atoms with Crippen molar-refractivity contribution in [3.8, 4) is 5.75 Å². The fourth-order valence-electron chi connectivity index (χ4n) is 2.88. The molecule has 9 nitrogen and oxygen atoms in total. The third kappa shape index (κ3) is 2.94. The number of methoxy groups -OCH3 is 1. The molecule has 2 atom stereocenters. The maximum atomic E-state index is 12.5. The number of ether oxygens (including phenoxy) is 2. The summed E-state index contributed by atoms with van der Waals surface area (Å²) in [6.07, 6.45) is 0. The van der Waals surface area contributed by atoms with Crippen LogP contribution in [0.15, 0.2) is 51.0 Å². The van der Waals surface area contributed by atoms with Gasteiger partial charge < -0.3 is 24.8 Å². The predicted molar refractivity (Wildman–Crippen MR) is 87.6 cm³/mol. The Bertz CT molecular complexity index is 945. The number of benzene rings is 1. The topological polar surface area (TPSA) is 139 Å². The van der Waals surface area contributed by atoms with Crippen LogP contribution in [0.2, 0.25) is 0 Å². The summed E-state index contributed by atoms with van der Waals surface area (Å²) >= 11 is 0. The highest BCUT2D eigenvalue weighted by Crippen LogP contribution is 2.41. The lowest BCUT2D eigenvalue weighted by atomic mass is 9.83. The summed E-state index contributed by atoms with van der Waals surface area (Å²) in [6, 6.07) is 7.23. The van der Waals surface area contributed by atoms with Crippen LogP contribution >= 0.6 is 0 Å². The number of quaternary nitrogens is 1. The molecule has 26 heavy (non-hydrogen) atoms. The number of carbonyl (C=O) groups is 1. The molecule has 0 spiro atoms. The first-order valence-electron chi connectivity index (χ1n) is 7.57. The number of aryl methyl sites for hydroxylation is 1. The van der Waals surface area contributed by atoms with Gasteiger partial charge in [0.05, 0.1) is 18.6 Å². The third-order valence-corrected chi connectivity index (χ3v) is 4.03. The molecule has 2 unspecified atom stereocenters. The van der Waals surface area contributed by atoms with Crippen molar-refractivity contribution in [1.29, 1.82) is 0 Å². The molecule has 1 aliphatic heterocycles. The van der Waals surface area contributed by atoms with E-state index < -0.39 is 22.7 Å². The zero-order valence-electron chi connectivity index (χ0n) is 13.9. The predicted octanol–water partition coefficient (Wildman–Crippen LogP) is 0.219. The van der Waals surface area contributed by atoms with Gasteiger partial charge in [-0.2, -0.15) is 5.23 Å². The van der Waals surface area contributed by atoms with Crippen molar-refractivity contribution in [2.45, 2.75) is 12.8 Å². The van der Waals surface area contributed by atoms with Gasteiger partial charge in [0.2, 0.25) is 5.88 Å². The minimum atomic E-state index is -1.10. The van der Waals surface area contributed by atoms with Crippen molar-refractivity contribution in [1.82, 2.24) is 0 Å². The summed E-state index contributed by atoms with van der Waals surface area (Å²) in [4.78, 5) is 24.7. The van der Waals surface area contributed by atoms with E-state index in [1.807, 2.05) is 0 Å². The van der Waals surface area contributed by atoms with E-state index in [2.05, 4.69) is 0 Å². The van der Waals surface area contributed by atoms with Gasteiger partial charge in [-0.1, -0.05) is 12.1 Å². The summed E-state index contributed by atoms with van der Waals surface area (Å²) in [6.45, 7) is 1.58. The Morgan fingerprint density at radius 1 is 1.35 bits per heavy atom. The first-order valence-corrected chi connectivity index (χ1v) is 7.57. The molecule has 0 aliphatic carbocycles. The van der Waals surface area contributed by atoms with Crippen LogP contribution in [-0.2, 0) is 9.53 Å². The second-order valence-corrected chi connectivity index (χ2v) is 5.65. The highest BCUT2D eigenvalue weighted by Gasteiger charge is 2.38. The molecular formula is C17H16N2O7. The average Bonchev–Trinajstić information content (AvgIpc) is 2.59. The Balaban J connectivity index is 2.24. The number of esters is 1. The number of fused-ring (bicyclic) bond motifs is 1. The van der Waals surface area contributed by atoms with Crippen LogP contribution in [-0.4, -0.2) is 18.3 Å². The number of carbonyl (C=O) groups excluding carboxylic acids is 1. The standard InChI is InChI=1S/C17H16N2O7/c1-8-7-11-13(17(21)25-8)12(14(15(18)26-11)16(20)24-2)9-3-5-10(6-4-9)19(22)23/h3-7,12,19,22H,18H2,1-2H3. The van der Waals surface area contributed by atoms with Gasteiger partial charge in [-0.25, -0.2) is 14.8 Å². The zero-order valence-corrected chi connectivity index (χ0v) is 13.9. The highest BCUT2D eigenvalue weighted by molar-refractivity contribution is 5.92. The van der Waals surface area contributed by atoms with Crippen molar-refractivity contribution in [3.05, 3.63) is 74.3 Å². The number of hydrogen-bond acceptors (Lipinski definition) is 8. The van der Waals surface area contributed by atoms with E-state index >= 15 is 0 Å². The van der Waals surface area contributed by atoms with Crippen molar-refractivity contribution in [2.24, 2.45) is 5.73 Å². The zero-order chi connectivity index (χ0) is 19.0. The molecule has 4 N–H and O–H groups in total. The van der Waals surface area contributed by atoms with Crippen LogP contribution in [0.3, 0.4) is 0 Å². The molecule has 3 rings (SSSR count). The fraction of sp³-hybridized carbons (Fsp3) is 0.176. The molecule has 0 saturated heterocycles. The monoisotopic (exact) mass is 360 g/mol. The minimum absolute atomic E-state index is 0.0563. The number of hydrogen-bond donors (Lipinski definition) is 3. The highest BCUT2D eigenvalue weighted by atomic mass is 16.8. The first kappa shape index (κ1) is 17.7. The quantitative estimate of drug-likeness (QED) is 0.522. The van der Waals surface area contributed by atoms with Gasteiger partial charge in [0.25, 0.3) is 0 Å². The van der Waals surface area contributed by atoms with Crippen LogP contribution in [0.25, 0.3) is 0 Å². The van der Waals surface area contributed by atoms with Crippen molar-refractivity contribution >= 4 is 11.7 Å². The fourth-order valence-corrected chi connectivity index (χ4v) is 2.88. The summed E-state index contributed by atoms with van der Waals surface area (Å²) in [7, 11) is 1.18. The smallest absolute Gasteiger partial charge is 0.343 e.